The third kappa shape index (κ3) is 6.15. The Labute approximate surface area is 209 Å². The summed E-state index contributed by atoms with van der Waals surface area (Å²) in [6, 6.07) is 16.3. The van der Waals surface area contributed by atoms with Crippen LogP contribution in [-0.2, 0) is 11.3 Å². The number of thioether (sulfide) groups is 2. The molecule has 0 spiro atoms. The molecule has 0 atom stereocenters. The normalized spacial score (nSPS) is 13.6. The van der Waals surface area contributed by atoms with E-state index in [0.29, 0.717) is 12.3 Å². The van der Waals surface area contributed by atoms with Crippen LogP contribution >= 0.6 is 23.5 Å². The fraction of sp³-hybridized carbons (Fsp3) is 0.320. The number of piperazine rings is 1. The van der Waals surface area contributed by atoms with Gasteiger partial charge in [-0.05, 0) is 36.1 Å². The summed E-state index contributed by atoms with van der Waals surface area (Å²) in [5, 5.41) is 3.78. The van der Waals surface area contributed by atoms with Crippen molar-refractivity contribution in [2.75, 3.05) is 55.1 Å². The minimum atomic E-state index is -0.0171. The molecule has 0 bridgehead atoms. The number of carbonyl (C=O) groups is 1. The van der Waals surface area contributed by atoms with Crippen LogP contribution in [0, 0.1) is 0 Å². The lowest BCUT2D eigenvalue weighted by Gasteiger charge is -2.37. The molecule has 1 aliphatic rings. The lowest BCUT2D eigenvalue weighted by Crippen LogP contribution is -2.47. The molecule has 1 saturated heterocycles. The van der Waals surface area contributed by atoms with Gasteiger partial charge in [-0.15, -0.1) is 11.8 Å². The Bertz CT molecular complexity index is 1090. The van der Waals surface area contributed by atoms with Crippen LogP contribution in [0.15, 0.2) is 70.8 Å². The molecule has 178 valence electrons. The number of methoxy groups -OCH3 is 1. The number of para-hydroxylation sites is 2. The quantitative estimate of drug-likeness (QED) is 0.448. The Morgan fingerprint density at radius 2 is 1.71 bits per heavy atom. The smallest absolute Gasteiger partial charge is 0.230 e. The number of hydrogen-bond acceptors (Lipinski definition) is 8. The number of hydrogen-bond donors (Lipinski definition) is 1. The zero-order valence-electron chi connectivity index (χ0n) is 19.4. The summed E-state index contributed by atoms with van der Waals surface area (Å²) in [5.41, 5.74) is 2.20. The van der Waals surface area contributed by atoms with E-state index < -0.39 is 0 Å². The molecule has 1 fully saturated rings. The second-order valence-electron chi connectivity index (χ2n) is 7.74. The van der Waals surface area contributed by atoms with E-state index in [1.165, 1.54) is 16.7 Å². The first-order valence-electron chi connectivity index (χ1n) is 11.1. The van der Waals surface area contributed by atoms with Crippen molar-refractivity contribution < 1.29 is 9.53 Å². The number of benzene rings is 2. The number of anilines is 2. The Kier molecular flexibility index (Phi) is 8.54. The van der Waals surface area contributed by atoms with Crippen LogP contribution in [0.2, 0.25) is 0 Å². The number of amides is 1. The van der Waals surface area contributed by atoms with Crippen molar-refractivity contribution in [3.63, 3.8) is 0 Å². The van der Waals surface area contributed by atoms with E-state index in [-0.39, 0.29) is 5.91 Å². The lowest BCUT2D eigenvalue weighted by molar-refractivity contribution is -0.118. The third-order valence-electron chi connectivity index (χ3n) is 5.64. The van der Waals surface area contributed by atoms with Gasteiger partial charge in [0.05, 0.1) is 18.6 Å². The summed E-state index contributed by atoms with van der Waals surface area (Å²) in [6.45, 7) is 3.88. The summed E-state index contributed by atoms with van der Waals surface area (Å²) in [4.78, 5) is 27.3. The zero-order chi connectivity index (χ0) is 23.8. The molecule has 4 rings (SSSR count). The average molecular weight is 496 g/mol. The molecular formula is C25H29N5O2S2. The molecule has 1 aromatic heterocycles. The monoisotopic (exact) mass is 495 g/mol. The van der Waals surface area contributed by atoms with Gasteiger partial charge >= 0.3 is 0 Å². The van der Waals surface area contributed by atoms with Crippen LogP contribution in [-0.4, -0.2) is 61.2 Å². The van der Waals surface area contributed by atoms with E-state index in [1.54, 1.807) is 31.3 Å². The van der Waals surface area contributed by atoms with Gasteiger partial charge in [0.1, 0.15) is 10.8 Å². The number of ether oxygens (including phenoxy) is 1. The standard InChI is InChI=1S/C25H29N5O2S2/c1-32-22-6-4-3-5-21(22)29-13-15-30(16-14-29)24-25(27-12-11-26-24)34-18-23(31)28-17-19-7-9-20(33-2)10-8-19/h3-12H,13-18H2,1-2H3,(H,28,31). The van der Waals surface area contributed by atoms with E-state index >= 15 is 0 Å². The first-order chi connectivity index (χ1) is 16.7. The zero-order valence-corrected chi connectivity index (χ0v) is 21.1. The highest BCUT2D eigenvalue weighted by Crippen LogP contribution is 2.31. The Hall–Kier alpha value is -2.91. The number of rotatable bonds is 9. The minimum Gasteiger partial charge on any atom is -0.495 e. The van der Waals surface area contributed by atoms with Crippen molar-refractivity contribution >= 4 is 40.9 Å². The largest absolute Gasteiger partial charge is 0.495 e. The molecule has 0 radical (unpaired) electrons. The maximum Gasteiger partial charge on any atom is 0.230 e. The molecule has 34 heavy (non-hydrogen) atoms. The van der Waals surface area contributed by atoms with Crippen molar-refractivity contribution in [1.82, 2.24) is 15.3 Å². The first kappa shape index (κ1) is 24.2. The topological polar surface area (TPSA) is 70.6 Å². The Balaban J connectivity index is 1.31. The van der Waals surface area contributed by atoms with Gasteiger partial charge in [-0.25, -0.2) is 9.97 Å². The molecule has 7 nitrogen and oxygen atoms in total. The second kappa shape index (κ2) is 12.0. The first-order valence-corrected chi connectivity index (χ1v) is 13.4. The molecule has 1 aliphatic heterocycles. The van der Waals surface area contributed by atoms with Crippen molar-refractivity contribution in [2.45, 2.75) is 16.5 Å². The number of nitrogens with zero attached hydrogens (tertiary/aromatic N) is 4. The van der Waals surface area contributed by atoms with Gasteiger partial charge in [0, 0.05) is 50.0 Å². The van der Waals surface area contributed by atoms with Crippen LogP contribution in [0.5, 0.6) is 5.75 Å². The van der Waals surface area contributed by atoms with E-state index in [1.807, 2.05) is 30.3 Å². The van der Waals surface area contributed by atoms with Gasteiger partial charge in [0.2, 0.25) is 5.91 Å². The summed E-state index contributed by atoms with van der Waals surface area (Å²) in [6.07, 6.45) is 5.45. The summed E-state index contributed by atoms with van der Waals surface area (Å²) < 4.78 is 5.52. The molecular weight excluding hydrogens is 466 g/mol. The Morgan fingerprint density at radius 1 is 1.00 bits per heavy atom. The maximum absolute atomic E-state index is 12.4. The summed E-state index contributed by atoms with van der Waals surface area (Å²) >= 11 is 3.13. The van der Waals surface area contributed by atoms with Gasteiger partial charge in [0.15, 0.2) is 5.82 Å². The van der Waals surface area contributed by atoms with Crippen molar-refractivity contribution in [3.8, 4) is 5.75 Å². The SMILES string of the molecule is COc1ccccc1N1CCN(c2nccnc2SCC(=O)NCc2ccc(SC)cc2)CC1. The predicted molar refractivity (Wildman–Crippen MR) is 140 cm³/mol. The maximum atomic E-state index is 12.4. The number of aromatic nitrogens is 2. The lowest BCUT2D eigenvalue weighted by atomic mass is 10.2. The molecule has 0 aliphatic carbocycles. The fourth-order valence-corrected chi connectivity index (χ4v) is 5.04. The van der Waals surface area contributed by atoms with Crippen molar-refractivity contribution in [1.29, 1.82) is 0 Å². The van der Waals surface area contributed by atoms with Crippen molar-refractivity contribution in [2.24, 2.45) is 0 Å². The Morgan fingerprint density at radius 3 is 2.44 bits per heavy atom. The van der Waals surface area contributed by atoms with Gasteiger partial charge in [-0.2, -0.15) is 0 Å². The van der Waals surface area contributed by atoms with E-state index in [9.17, 15) is 4.79 Å². The fourth-order valence-electron chi connectivity index (χ4n) is 3.82. The molecule has 0 saturated carbocycles. The van der Waals surface area contributed by atoms with Crippen LogP contribution < -0.4 is 19.9 Å². The average Bonchev–Trinajstić information content (AvgIpc) is 2.91. The highest BCUT2D eigenvalue weighted by atomic mass is 32.2. The van der Waals surface area contributed by atoms with Gasteiger partial charge in [-0.3, -0.25) is 4.79 Å². The highest BCUT2D eigenvalue weighted by Gasteiger charge is 2.23. The minimum absolute atomic E-state index is 0.0171. The van der Waals surface area contributed by atoms with Gasteiger partial charge < -0.3 is 19.9 Å². The van der Waals surface area contributed by atoms with Gasteiger partial charge in [-0.1, -0.05) is 36.0 Å². The molecule has 9 heteroatoms. The van der Waals surface area contributed by atoms with Crippen LogP contribution in [0.3, 0.4) is 0 Å². The predicted octanol–water partition coefficient (Wildman–Crippen LogP) is 3.94. The molecule has 1 amide bonds. The molecule has 1 N–H and O–H groups in total. The third-order valence-corrected chi connectivity index (χ3v) is 7.35. The van der Waals surface area contributed by atoms with Gasteiger partial charge in [0.25, 0.3) is 0 Å². The van der Waals surface area contributed by atoms with Crippen molar-refractivity contribution in [3.05, 3.63) is 66.5 Å². The number of nitrogens with one attached hydrogen (secondary N) is 1. The van der Waals surface area contributed by atoms with E-state index in [2.05, 4.69) is 49.5 Å². The van der Waals surface area contributed by atoms with Crippen LogP contribution in [0.4, 0.5) is 11.5 Å². The highest BCUT2D eigenvalue weighted by molar-refractivity contribution is 8.00. The molecule has 2 aromatic carbocycles. The number of carbonyl (C=O) groups excluding carboxylic acids is 1. The second-order valence-corrected chi connectivity index (χ2v) is 9.59. The van der Waals surface area contributed by atoms with E-state index in [4.69, 9.17) is 4.74 Å². The molecule has 0 unspecified atom stereocenters. The van der Waals surface area contributed by atoms with Crippen LogP contribution in [0.1, 0.15) is 5.56 Å². The van der Waals surface area contributed by atoms with Crippen LogP contribution in [0.25, 0.3) is 0 Å². The molecule has 2 heterocycles. The summed E-state index contributed by atoms with van der Waals surface area (Å²) in [5.74, 6) is 2.01. The summed E-state index contributed by atoms with van der Waals surface area (Å²) in [7, 11) is 1.70. The van der Waals surface area contributed by atoms with E-state index in [0.717, 1.165) is 54.0 Å². The molecule has 3 aromatic rings.